The van der Waals surface area contributed by atoms with Gasteiger partial charge >= 0.3 is 10.4 Å². The molecule has 0 spiro atoms. The first-order chi connectivity index (χ1) is 6.78. The number of carbonyl (C=O) groups excluding carboxylic acids is 1. The highest BCUT2D eigenvalue weighted by atomic mass is 32.3. The lowest BCUT2D eigenvalue weighted by Gasteiger charge is -2.07. The Labute approximate surface area is 89.8 Å². The van der Waals surface area contributed by atoms with Crippen molar-refractivity contribution in [1.82, 2.24) is 4.90 Å². The zero-order valence-corrected chi connectivity index (χ0v) is 10.00. The van der Waals surface area contributed by atoms with Gasteiger partial charge in [-0.15, -0.1) is 0 Å². The largest absolute Gasteiger partial charge is 0.399 e. The fraction of sp³-hybridized carbons (Fsp3) is 0.625. The predicted molar refractivity (Wildman–Crippen MR) is 54.3 cm³/mol. The molecule has 0 saturated heterocycles. The second kappa shape index (κ2) is 5.84. The average molecular weight is 237 g/mol. The molecule has 0 aromatic carbocycles. The summed E-state index contributed by atoms with van der Waals surface area (Å²) in [6.45, 7) is 1.39. The summed E-state index contributed by atoms with van der Waals surface area (Å²) < 4.78 is 30.0. The van der Waals surface area contributed by atoms with Crippen LogP contribution in [-0.4, -0.2) is 47.0 Å². The van der Waals surface area contributed by atoms with Crippen LogP contribution in [0.5, 0.6) is 0 Å². The first-order valence-electron chi connectivity index (χ1n) is 4.12. The van der Waals surface area contributed by atoms with Crippen molar-refractivity contribution in [2.45, 2.75) is 6.92 Å². The van der Waals surface area contributed by atoms with Gasteiger partial charge in [-0.3, -0.25) is 8.98 Å². The summed E-state index contributed by atoms with van der Waals surface area (Å²) in [5.41, 5.74) is 0.495. The van der Waals surface area contributed by atoms with E-state index in [0.717, 1.165) is 7.11 Å². The summed E-state index contributed by atoms with van der Waals surface area (Å²) in [4.78, 5) is 12.5. The van der Waals surface area contributed by atoms with Gasteiger partial charge < -0.3 is 4.90 Å². The lowest BCUT2D eigenvalue weighted by Crippen LogP contribution is -2.20. The molecule has 0 radical (unpaired) electrons. The molecule has 0 aliphatic carbocycles. The Hall–Kier alpha value is -0.920. The van der Waals surface area contributed by atoms with Gasteiger partial charge in [0.15, 0.2) is 0 Å². The van der Waals surface area contributed by atoms with Crippen LogP contribution >= 0.6 is 0 Å². The second-order valence-corrected chi connectivity index (χ2v) is 4.45. The van der Waals surface area contributed by atoms with Crippen LogP contribution < -0.4 is 0 Å². The number of hydrogen-bond acceptors (Lipinski definition) is 5. The molecule has 0 heterocycles. The van der Waals surface area contributed by atoms with E-state index in [1.54, 1.807) is 21.0 Å². The smallest absolute Gasteiger partial charge is 0.345 e. The molecule has 0 unspecified atom stereocenters. The van der Waals surface area contributed by atoms with Gasteiger partial charge in [0.05, 0.1) is 13.7 Å². The van der Waals surface area contributed by atoms with Crippen molar-refractivity contribution < 1.29 is 21.6 Å². The molecule has 0 aromatic heterocycles. The molecular formula is C8H15NO5S. The number of amides is 1. The van der Waals surface area contributed by atoms with E-state index in [2.05, 4.69) is 8.37 Å². The molecule has 0 aromatic rings. The minimum absolute atomic E-state index is 0.199. The third-order valence-corrected chi connectivity index (χ3v) is 2.26. The number of rotatable bonds is 5. The Kier molecular flexibility index (Phi) is 5.48. The molecule has 15 heavy (non-hydrogen) atoms. The normalized spacial score (nSPS) is 12.7. The van der Waals surface area contributed by atoms with Crippen molar-refractivity contribution in [2.75, 3.05) is 27.8 Å². The Balaban J connectivity index is 4.27. The second-order valence-electron chi connectivity index (χ2n) is 3.06. The van der Waals surface area contributed by atoms with Crippen LogP contribution in [0, 0.1) is 0 Å². The molecule has 0 saturated carbocycles. The summed E-state index contributed by atoms with van der Waals surface area (Å²) in [6, 6.07) is 0. The van der Waals surface area contributed by atoms with Gasteiger partial charge in [-0.25, -0.2) is 4.18 Å². The third kappa shape index (κ3) is 6.21. The molecular weight excluding hydrogens is 222 g/mol. The topological polar surface area (TPSA) is 72.9 Å². The predicted octanol–water partition coefficient (Wildman–Crippen LogP) is -0.0713. The Morgan fingerprint density at radius 1 is 1.40 bits per heavy atom. The van der Waals surface area contributed by atoms with Gasteiger partial charge in [-0.1, -0.05) is 0 Å². The summed E-state index contributed by atoms with van der Waals surface area (Å²) in [5.74, 6) is -0.231. The Morgan fingerprint density at radius 3 is 2.33 bits per heavy atom. The van der Waals surface area contributed by atoms with Gasteiger partial charge in [0, 0.05) is 20.2 Å². The van der Waals surface area contributed by atoms with E-state index >= 15 is 0 Å². The lowest BCUT2D eigenvalue weighted by atomic mass is 10.3. The molecule has 1 amide bonds. The van der Waals surface area contributed by atoms with Gasteiger partial charge in [0.2, 0.25) is 5.91 Å². The van der Waals surface area contributed by atoms with Crippen molar-refractivity contribution in [3.05, 3.63) is 11.6 Å². The Morgan fingerprint density at radius 2 is 1.93 bits per heavy atom. The van der Waals surface area contributed by atoms with Crippen LogP contribution in [0.3, 0.4) is 0 Å². The van der Waals surface area contributed by atoms with Gasteiger partial charge in [-0.05, 0) is 12.5 Å². The lowest BCUT2D eigenvalue weighted by molar-refractivity contribution is -0.123. The first kappa shape index (κ1) is 14.1. The number of likely N-dealkylation sites (N-methyl/N-ethyl adjacent to an activating group) is 1. The minimum atomic E-state index is -3.94. The zero-order chi connectivity index (χ0) is 12.1. The fourth-order valence-corrected chi connectivity index (χ4v) is 1.02. The molecule has 0 aliphatic heterocycles. The summed E-state index contributed by atoms with van der Waals surface area (Å²) in [7, 11) is 0.255. The maximum atomic E-state index is 11.2. The monoisotopic (exact) mass is 237 g/mol. The van der Waals surface area contributed by atoms with Crippen LogP contribution in [0.25, 0.3) is 0 Å². The summed E-state index contributed by atoms with van der Waals surface area (Å²) in [6.07, 6.45) is 1.30. The molecule has 6 nitrogen and oxygen atoms in total. The van der Waals surface area contributed by atoms with E-state index in [9.17, 15) is 13.2 Å². The molecule has 0 rings (SSSR count). The van der Waals surface area contributed by atoms with E-state index in [1.165, 1.54) is 11.0 Å². The average Bonchev–Trinajstić information content (AvgIpc) is 2.15. The Bertz CT molecular complexity index is 344. The van der Waals surface area contributed by atoms with E-state index in [0.29, 0.717) is 5.57 Å². The SMILES string of the molecule is COS(=O)(=O)OC/C(C)=C/C(=O)N(C)C. The third-order valence-electron chi connectivity index (χ3n) is 1.45. The molecule has 0 N–H and O–H groups in total. The van der Waals surface area contributed by atoms with Gasteiger partial charge in [0.1, 0.15) is 0 Å². The highest BCUT2D eigenvalue weighted by molar-refractivity contribution is 7.81. The van der Waals surface area contributed by atoms with E-state index < -0.39 is 10.4 Å². The van der Waals surface area contributed by atoms with E-state index in [4.69, 9.17) is 0 Å². The standard InChI is InChI=1S/C8H15NO5S/c1-7(5-8(10)9(2)3)6-14-15(11,12)13-4/h5H,6H2,1-4H3/b7-5+. The zero-order valence-electron chi connectivity index (χ0n) is 9.18. The molecule has 0 aliphatic rings. The first-order valence-corrected chi connectivity index (χ1v) is 5.45. The van der Waals surface area contributed by atoms with Crippen LogP contribution in [0.4, 0.5) is 0 Å². The van der Waals surface area contributed by atoms with Crippen LogP contribution in [0.15, 0.2) is 11.6 Å². The minimum Gasteiger partial charge on any atom is -0.345 e. The van der Waals surface area contributed by atoms with Crippen LogP contribution in [0.2, 0.25) is 0 Å². The van der Waals surface area contributed by atoms with Crippen molar-refractivity contribution >= 4 is 16.3 Å². The van der Waals surface area contributed by atoms with Crippen LogP contribution in [-0.2, 0) is 23.6 Å². The van der Waals surface area contributed by atoms with Crippen molar-refractivity contribution in [2.24, 2.45) is 0 Å². The highest BCUT2D eigenvalue weighted by Crippen LogP contribution is 2.00. The summed E-state index contributed by atoms with van der Waals surface area (Å²) >= 11 is 0. The molecule has 0 fully saturated rings. The highest BCUT2D eigenvalue weighted by Gasteiger charge is 2.09. The number of nitrogens with zero attached hydrogens (tertiary/aromatic N) is 1. The fourth-order valence-electron chi connectivity index (χ4n) is 0.595. The van der Waals surface area contributed by atoms with E-state index in [1.807, 2.05) is 0 Å². The van der Waals surface area contributed by atoms with Crippen molar-refractivity contribution in [1.29, 1.82) is 0 Å². The quantitative estimate of drug-likeness (QED) is 0.626. The van der Waals surface area contributed by atoms with E-state index in [-0.39, 0.29) is 12.5 Å². The van der Waals surface area contributed by atoms with Gasteiger partial charge in [0.25, 0.3) is 0 Å². The maximum absolute atomic E-state index is 11.2. The maximum Gasteiger partial charge on any atom is 0.399 e. The summed E-state index contributed by atoms with van der Waals surface area (Å²) in [5, 5.41) is 0. The molecule has 7 heteroatoms. The molecule has 0 bridgehead atoms. The number of carbonyl (C=O) groups is 1. The van der Waals surface area contributed by atoms with Crippen LogP contribution in [0.1, 0.15) is 6.92 Å². The molecule has 88 valence electrons. The van der Waals surface area contributed by atoms with Crippen molar-refractivity contribution in [3.8, 4) is 0 Å². The van der Waals surface area contributed by atoms with Crippen molar-refractivity contribution in [3.63, 3.8) is 0 Å². The number of hydrogen-bond donors (Lipinski definition) is 0. The van der Waals surface area contributed by atoms with Gasteiger partial charge in [-0.2, -0.15) is 8.42 Å². The molecule has 0 atom stereocenters.